The van der Waals surface area contributed by atoms with E-state index in [1.165, 1.54) is 0 Å². The molecule has 0 fully saturated rings. The van der Waals surface area contributed by atoms with E-state index in [2.05, 4.69) is 11.9 Å². The van der Waals surface area contributed by atoms with E-state index in [9.17, 15) is 4.79 Å². The number of aromatic nitrogens is 1. The summed E-state index contributed by atoms with van der Waals surface area (Å²) in [6, 6.07) is 5.70. The topological polar surface area (TPSA) is 30.0 Å². The van der Waals surface area contributed by atoms with Crippen LogP contribution >= 0.6 is 0 Å². The van der Waals surface area contributed by atoms with E-state index in [4.69, 9.17) is 0 Å². The SMILES string of the molecule is CCCCC(=O)C(C)c1ccccn1. The number of hydrogen-bond acceptors (Lipinski definition) is 2. The third kappa shape index (κ3) is 2.95. The second-order valence-corrected chi connectivity index (χ2v) is 3.55. The van der Waals surface area contributed by atoms with Crippen molar-refractivity contribution < 1.29 is 4.79 Å². The maximum absolute atomic E-state index is 11.7. The number of nitrogens with zero attached hydrogens (tertiary/aromatic N) is 1. The van der Waals surface area contributed by atoms with Gasteiger partial charge in [-0.2, -0.15) is 0 Å². The van der Waals surface area contributed by atoms with E-state index in [0.29, 0.717) is 12.2 Å². The molecule has 1 unspecified atom stereocenters. The van der Waals surface area contributed by atoms with E-state index in [-0.39, 0.29) is 5.92 Å². The number of Topliss-reactive ketones (excluding diaryl/α,β-unsaturated/α-hetero) is 1. The summed E-state index contributed by atoms with van der Waals surface area (Å²) < 4.78 is 0. The molecule has 0 aliphatic rings. The Morgan fingerprint density at radius 2 is 2.29 bits per heavy atom. The maximum atomic E-state index is 11.7. The molecule has 0 saturated heterocycles. The van der Waals surface area contributed by atoms with Gasteiger partial charge in [-0.25, -0.2) is 0 Å². The molecule has 1 aromatic rings. The number of rotatable bonds is 5. The normalized spacial score (nSPS) is 12.4. The summed E-state index contributed by atoms with van der Waals surface area (Å²) in [5.41, 5.74) is 0.883. The second kappa shape index (κ2) is 5.53. The first-order valence-corrected chi connectivity index (χ1v) is 5.19. The molecule has 0 bridgehead atoms. The van der Waals surface area contributed by atoms with Crippen LogP contribution in [0.4, 0.5) is 0 Å². The Balaban J connectivity index is 2.57. The van der Waals surface area contributed by atoms with Crippen LogP contribution in [0.5, 0.6) is 0 Å². The summed E-state index contributed by atoms with van der Waals surface area (Å²) >= 11 is 0. The number of pyridine rings is 1. The first-order chi connectivity index (χ1) is 6.75. The van der Waals surface area contributed by atoms with E-state index >= 15 is 0 Å². The summed E-state index contributed by atoms with van der Waals surface area (Å²) in [5.74, 6) is 0.244. The van der Waals surface area contributed by atoms with E-state index < -0.39 is 0 Å². The van der Waals surface area contributed by atoms with Gasteiger partial charge in [-0.05, 0) is 25.5 Å². The van der Waals surface area contributed by atoms with Gasteiger partial charge in [0.25, 0.3) is 0 Å². The molecule has 76 valence electrons. The molecule has 14 heavy (non-hydrogen) atoms. The number of carbonyl (C=O) groups excluding carboxylic acids is 1. The molecule has 0 aliphatic heterocycles. The van der Waals surface area contributed by atoms with Crippen molar-refractivity contribution in [2.75, 3.05) is 0 Å². The Kier molecular flexibility index (Phi) is 4.30. The number of unbranched alkanes of at least 4 members (excludes halogenated alkanes) is 1. The minimum absolute atomic E-state index is 0.0530. The molecular weight excluding hydrogens is 174 g/mol. The average Bonchev–Trinajstić information content (AvgIpc) is 2.26. The van der Waals surface area contributed by atoms with Crippen molar-refractivity contribution in [2.24, 2.45) is 0 Å². The quantitative estimate of drug-likeness (QED) is 0.716. The minimum Gasteiger partial charge on any atom is -0.299 e. The zero-order valence-electron chi connectivity index (χ0n) is 8.86. The summed E-state index contributed by atoms with van der Waals surface area (Å²) in [4.78, 5) is 15.8. The Morgan fingerprint density at radius 1 is 1.50 bits per heavy atom. The zero-order valence-corrected chi connectivity index (χ0v) is 8.86. The third-order valence-electron chi connectivity index (χ3n) is 2.39. The first kappa shape index (κ1) is 10.9. The Morgan fingerprint density at radius 3 is 2.86 bits per heavy atom. The summed E-state index contributed by atoms with van der Waals surface area (Å²) in [5, 5.41) is 0. The van der Waals surface area contributed by atoms with Crippen LogP contribution in [0.1, 0.15) is 44.7 Å². The molecular formula is C12H17NO. The van der Waals surface area contributed by atoms with E-state index in [0.717, 1.165) is 18.5 Å². The molecule has 0 N–H and O–H groups in total. The maximum Gasteiger partial charge on any atom is 0.141 e. The van der Waals surface area contributed by atoms with Gasteiger partial charge in [0.15, 0.2) is 0 Å². The molecule has 0 amide bonds. The molecule has 0 aromatic carbocycles. The van der Waals surface area contributed by atoms with Gasteiger partial charge in [0, 0.05) is 12.6 Å². The smallest absolute Gasteiger partial charge is 0.141 e. The van der Waals surface area contributed by atoms with Gasteiger partial charge in [-0.3, -0.25) is 9.78 Å². The summed E-state index contributed by atoms with van der Waals surface area (Å²) in [6.07, 6.45) is 4.46. The highest BCUT2D eigenvalue weighted by Crippen LogP contribution is 2.15. The lowest BCUT2D eigenvalue weighted by Gasteiger charge is -2.08. The molecule has 0 saturated carbocycles. The van der Waals surface area contributed by atoms with Gasteiger partial charge in [0.1, 0.15) is 5.78 Å². The Bertz CT molecular complexity index is 282. The van der Waals surface area contributed by atoms with E-state index in [1.54, 1.807) is 6.20 Å². The van der Waals surface area contributed by atoms with Crippen molar-refractivity contribution in [1.82, 2.24) is 4.98 Å². The molecule has 2 nitrogen and oxygen atoms in total. The van der Waals surface area contributed by atoms with Gasteiger partial charge in [-0.15, -0.1) is 0 Å². The first-order valence-electron chi connectivity index (χ1n) is 5.19. The lowest BCUT2D eigenvalue weighted by molar-refractivity contribution is -0.120. The second-order valence-electron chi connectivity index (χ2n) is 3.55. The monoisotopic (exact) mass is 191 g/mol. The van der Waals surface area contributed by atoms with Crippen LogP contribution in [0.25, 0.3) is 0 Å². The van der Waals surface area contributed by atoms with Crippen LogP contribution in [-0.2, 0) is 4.79 Å². The van der Waals surface area contributed by atoms with Crippen LogP contribution in [0.2, 0.25) is 0 Å². The lowest BCUT2D eigenvalue weighted by Crippen LogP contribution is -2.10. The molecule has 1 atom stereocenters. The van der Waals surface area contributed by atoms with E-state index in [1.807, 2.05) is 25.1 Å². The molecule has 2 heteroatoms. The molecule has 1 rings (SSSR count). The fourth-order valence-electron chi connectivity index (χ4n) is 1.36. The average molecular weight is 191 g/mol. The van der Waals surface area contributed by atoms with Crippen molar-refractivity contribution >= 4 is 5.78 Å². The minimum atomic E-state index is -0.0530. The molecule has 0 spiro atoms. The Labute approximate surface area is 85.4 Å². The van der Waals surface area contributed by atoms with Gasteiger partial charge < -0.3 is 0 Å². The van der Waals surface area contributed by atoms with Crippen molar-refractivity contribution in [1.29, 1.82) is 0 Å². The standard InChI is InChI=1S/C12H17NO/c1-3-4-8-12(14)10(2)11-7-5-6-9-13-11/h5-7,9-10H,3-4,8H2,1-2H3. The Hall–Kier alpha value is -1.18. The highest BCUT2D eigenvalue weighted by atomic mass is 16.1. The van der Waals surface area contributed by atoms with Crippen molar-refractivity contribution in [3.05, 3.63) is 30.1 Å². The van der Waals surface area contributed by atoms with Crippen LogP contribution in [-0.4, -0.2) is 10.8 Å². The summed E-state index contributed by atoms with van der Waals surface area (Å²) in [6.45, 7) is 4.03. The fourth-order valence-corrected chi connectivity index (χ4v) is 1.36. The molecule has 0 radical (unpaired) electrons. The van der Waals surface area contributed by atoms with Crippen LogP contribution < -0.4 is 0 Å². The number of ketones is 1. The van der Waals surface area contributed by atoms with Gasteiger partial charge in [0.05, 0.1) is 11.6 Å². The van der Waals surface area contributed by atoms with Gasteiger partial charge in [-0.1, -0.05) is 19.4 Å². The predicted octanol–water partition coefficient (Wildman–Crippen LogP) is 2.94. The highest BCUT2D eigenvalue weighted by Gasteiger charge is 2.14. The molecule has 1 aromatic heterocycles. The van der Waals surface area contributed by atoms with Crippen molar-refractivity contribution in [3.8, 4) is 0 Å². The summed E-state index contributed by atoms with van der Waals surface area (Å²) in [7, 11) is 0. The molecule has 0 aliphatic carbocycles. The highest BCUT2D eigenvalue weighted by molar-refractivity contribution is 5.84. The number of hydrogen-bond donors (Lipinski definition) is 0. The third-order valence-corrected chi connectivity index (χ3v) is 2.39. The van der Waals surface area contributed by atoms with Crippen molar-refractivity contribution in [3.63, 3.8) is 0 Å². The van der Waals surface area contributed by atoms with Crippen LogP contribution in [0.3, 0.4) is 0 Å². The van der Waals surface area contributed by atoms with Crippen molar-refractivity contribution in [2.45, 2.75) is 39.0 Å². The molecule has 1 heterocycles. The van der Waals surface area contributed by atoms with Crippen LogP contribution in [0.15, 0.2) is 24.4 Å². The largest absolute Gasteiger partial charge is 0.299 e. The predicted molar refractivity (Wildman–Crippen MR) is 57.2 cm³/mol. The lowest BCUT2D eigenvalue weighted by atomic mass is 9.98. The fraction of sp³-hybridized carbons (Fsp3) is 0.500. The van der Waals surface area contributed by atoms with Gasteiger partial charge in [0.2, 0.25) is 0 Å². The number of carbonyl (C=O) groups is 1. The van der Waals surface area contributed by atoms with Crippen LogP contribution in [0, 0.1) is 0 Å². The zero-order chi connectivity index (χ0) is 10.4. The van der Waals surface area contributed by atoms with Gasteiger partial charge >= 0.3 is 0 Å².